The lowest BCUT2D eigenvalue weighted by atomic mass is 10.2. The van der Waals surface area contributed by atoms with E-state index < -0.39 is 9.84 Å². The van der Waals surface area contributed by atoms with Crippen molar-refractivity contribution in [3.05, 3.63) is 53.1 Å². The molecule has 106 valence electrons. The summed E-state index contributed by atoms with van der Waals surface area (Å²) in [6.07, 6.45) is 1.16. The van der Waals surface area contributed by atoms with Crippen LogP contribution in [-0.4, -0.2) is 14.7 Å². The molecule has 0 unspecified atom stereocenters. The zero-order valence-electron chi connectivity index (χ0n) is 10.8. The zero-order chi connectivity index (χ0) is 14.8. The molecule has 0 aliphatic carbocycles. The quantitative estimate of drug-likeness (QED) is 0.942. The number of ether oxygens (including phenoxy) is 1. The van der Waals surface area contributed by atoms with E-state index in [0.29, 0.717) is 23.1 Å². The van der Waals surface area contributed by atoms with Crippen molar-refractivity contribution in [3.63, 3.8) is 0 Å². The van der Waals surface area contributed by atoms with E-state index in [0.717, 1.165) is 11.8 Å². The Hall–Kier alpha value is -1.56. The molecule has 2 aromatic rings. The molecule has 0 heterocycles. The summed E-state index contributed by atoms with van der Waals surface area (Å²) in [5.74, 6) is 0.990. The van der Waals surface area contributed by atoms with Crippen LogP contribution in [0.15, 0.2) is 47.4 Å². The van der Waals surface area contributed by atoms with E-state index in [2.05, 4.69) is 0 Å². The summed E-state index contributed by atoms with van der Waals surface area (Å²) in [6.45, 7) is 0.303. The van der Waals surface area contributed by atoms with Crippen molar-refractivity contribution in [2.45, 2.75) is 11.4 Å². The number of nitrogens with two attached hydrogens (primary N) is 1. The predicted octanol–water partition coefficient (Wildman–Crippen LogP) is 2.99. The fraction of sp³-hybridized carbons (Fsp3) is 0.143. The summed E-state index contributed by atoms with van der Waals surface area (Å²) in [7, 11) is -3.22. The lowest BCUT2D eigenvalue weighted by molar-refractivity contribution is 0.476. The van der Waals surface area contributed by atoms with Crippen LogP contribution < -0.4 is 10.5 Å². The molecular formula is C14H14ClNO3S. The first-order chi connectivity index (χ1) is 9.41. The molecule has 0 aromatic heterocycles. The second-order valence-electron chi connectivity index (χ2n) is 4.28. The molecule has 2 N–H and O–H groups in total. The second-order valence-corrected chi connectivity index (χ2v) is 6.70. The Kier molecular flexibility index (Phi) is 4.32. The van der Waals surface area contributed by atoms with Gasteiger partial charge in [0.15, 0.2) is 9.84 Å². The molecular weight excluding hydrogens is 298 g/mol. The molecule has 0 fully saturated rings. The standard InChI is InChI=1S/C14H14ClNO3S/c1-20(17,18)12-7-5-11(6-8-12)19-14-10(9-16)3-2-4-13(14)15/h2-8H,9,16H2,1H3. The molecule has 0 saturated carbocycles. The van der Waals surface area contributed by atoms with Gasteiger partial charge in [0.1, 0.15) is 11.5 Å². The van der Waals surface area contributed by atoms with Crippen LogP contribution in [0.1, 0.15) is 5.56 Å². The number of hydrogen-bond donors (Lipinski definition) is 1. The molecule has 2 aromatic carbocycles. The van der Waals surface area contributed by atoms with Crippen LogP contribution in [0, 0.1) is 0 Å². The van der Waals surface area contributed by atoms with Gasteiger partial charge in [-0.05, 0) is 30.3 Å². The average molecular weight is 312 g/mol. The van der Waals surface area contributed by atoms with E-state index in [1.165, 1.54) is 12.1 Å². The van der Waals surface area contributed by atoms with Gasteiger partial charge < -0.3 is 10.5 Å². The maximum Gasteiger partial charge on any atom is 0.175 e. The molecule has 0 spiro atoms. The highest BCUT2D eigenvalue weighted by molar-refractivity contribution is 7.90. The van der Waals surface area contributed by atoms with Gasteiger partial charge >= 0.3 is 0 Å². The molecule has 4 nitrogen and oxygen atoms in total. The van der Waals surface area contributed by atoms with E-state index in [-0.39, 0.29) is 4.90 Å². The average Bonchev–Trinajstić information content (AvgIpc) is 2.40. The van der Waals surface area contributed by atoms with E-state index in [4.69, 9.17) is 22.1 Å². The molecule has 0 bridgehead atoms. The molecule has 0 amide bonds. The van der Waals surface area contributed by atoms with Crippen LogP contribution in [-0.2, 0) is 16.4 Å². The number of hydrogen-bond acceptors (Lipinski definition) is 4. The summed E-state index contributed by atoms with van der Waals surface area (Å²) in [5.41, 5.74) is 6.42. The molecule has 0 radical (unpaired) electrons. The SMILES string of the molecule is CS(=O)(=O)c1ccc(Oc2c(Cl)cccc2CN)cc1. The minimum Gasteiger partial charge on any atom is -0.455 e. The summed E-state index contributed by atoms with van der Waals surface area (Å²) in [6, 6.07) is 11.5. The normalized spacial score (nSPS) is 11.3. The van der Waals surface area contributed by atoms with Crippen LogP contribution in [0.2, 0.25) is 5.02 Å². The third kappa shape index (κ3) is 3.30. The predicted molar refractivity (Wildman–Crippen MR) is 79.0 cm³/mol. The summed E-state index contributed by atoms with van der Waals surface area (Å²) in [5, 5.41) is 0.458. The minimum absolute atomic E-state index is 0.239. The highest BCUT2D eigenvalue weighted by Crippen LogP contribution is 2.33. The molecule has 0 atom stereocenters. The number of benzene rings is 2. The third-order valence-electron chi connectivity index (χ3n) is 2.74. The van der Waals surface area contributed by atoms with E-state index in [1.54, 1.807) is 24.3 Å². The smallest absolute Gasteiger partial charge is 0.175 e. The molecule has 0 aliphatic heterocycles. The highest BCUT2D eigenvalue weighted by atomic mass is 35.5. The van der Waals surface area contributed by atoms with Gasteiger partial charge in [-0.1, -0.05) is 23.7 Å². The fourth-order valence-corrected chi connectivity index (χ4v) is 2.56. The molecule has 20 heavy (non-hydrogen) atoms. The maximum atomic E-state index is 11.4. The Labute approximate surface area is 123 Å². The van der Waals surface area contributed by atoms with E-state index in [9.17, 15) is 8.42 Å². The van der Waals surface area contributed by atoms with E-state index >= 15 is 0 Å². The first-order valence-electron chi connectivity index (χ1n) is 5.87. The lowest BCUT2D eigenvalue weighted by Crippen LogP contribution is -2.00. The molecule has 0 saturated heterocycles. The Morgan fingerprint density at radius 3 is 2.35 bits per heavy atom. The summed E-state index contributed by atoms with van der Waals surface area (Å²) in [4.78, 5) is 0.239. The van der Waals surface area contributed by atoms with Crippen LogP contribution in [0.3, 0.4) is 0 Å². The third-order valence-corrected chi connectivity index (χ3v) is 4.17. The van der Waals surface area contributed by atoms with Gasteiger partial charge in [0.2, 0.25) is 0 Å². The topological polar surface area (TPSA) is 69.4 Å². The van der Waals surface area contributed by atoms with Gasteiger partial charge in [-0.25, -0.2) is 8.42 Å². The van der Waals surface area contributed by atoms with Crippen molar-refractivity contribution >= 4 is 21.4 Å². The summed E-state index contributed by atoms with van der Waals surface area (Å²) >= 11 is 6.09. The second kappa shape index (κ2) is 5.83. The maximum absolute atomic E-state index is 11.4. The fourth-order valence-electron chi connectivity index (χ4n) is 1.70. The van der Waals surface area contributed by atoms with Crippen molar-refractivity contribution < 1.29 is 13.2 Å². The summed E-state index contributed by atoms with van der Waals surface area (Å²) < 4.78 is 28.4. The molecule has 2 rings (SSSR count). The first kappa shape index (κ1) is 14.8. The monoisotopic (exact) mass is 311 g/mol. The van der Waals surface area contributed by atoms with Gasteiger partial charge in [0.25, 0.3) is 0 Å². The van der Waals surface area contributed by atoms with Crippen molar-refractivity contribution in [1.82, 2.24) is 0 Å². The molecule has 6 heteroatoms. The largest absolute Gasteiger partial charge is 0.455 e. The van der Waals surface area contributed by atoms with Gasteiger partial charge in [0, 0.05) is 18.4 Å². The lowest BCUT2D eigenvalue weighted by Gasteiger charge is -2.12. The van der Waals surface area contributed by atoms with Crippen LogP contribution in [0.4, 0.5) is 0 Å². The van der Waals surface area contributed by atoms with Crippen molar-refractivity contribution in [1.29, 1.82) is 0 Å². The highest BCUT2D eigenvalue weighted by Gasteiger charge is 2.10. The Morgan fingerprint density at radius 1 is 1.15 bits per heavy atom. The zero-order valence-corrected chi connectivity index (χ0v) is 12.4. The van der Waals surface area contributed by atoms with Crippen LogP contribution >= 0.6 is 11.6 Å². The number of sulfone groups is 1. The van der Waals surface area contributed by atoms with Crippen molar-refractivity contribution in [2.75, 3.05) is 6.26 Å². The molecule has 0 aliphatic rings. The van der Waals surface area contributed by atoms with Crippen LogP contribution in [0.25, 0.3) is 0 Å². The first-order valence-corrected chi connectivity index (χ1v) is 8.14. The minimum atomic E-state index is -3.22. The van der Waals surface area contributed by atoms with Crippen molar-refractivity contribution in [3.8, 4) is 11.5 Å². The van der Waals surface area contributed by atoms with E-state index in [1.807, 2.05) is 6.07 Å². The number of para-hydroxylation sites is 1. The van der Waals surface area contributed by atoms with Crippen molar-refractivity contribution in [2.24, 2.45) is 5.73 Å². The Bertz CT molecular complexity index is 712. The van der Waals surface area contributed by atoms with Gasteiger partial charge in [-0.2, -0.15) is 0 Å². The van der Waals surface area contributed by atoms with Crippen LogP contribution in [0.5, 0.6) is 11.5 Å². The number of rotatable bonds is 4. The van der Waals surface area contributed by atoms with Gasteiger partial charge in [-0.15, -0.1) is 0 Å². The Balaban J connectivity index is 2.32. The number of halogens is 1. The van der Waals surface area contributed by atoms with Gasteiger partial charge in [-0.3, -0.25) is 0 Å². The van der Waals surface area contributed by atoms with Gasteiger partial charge in [0.05, 0.1) is 9.92 Å². The Morgan fingerprint density at radius 2 is 1.80 bits per heavy atom.